The molecule has 2 aromatic rings. The number of hydrogen-bond acceptors (Lipinski definition) is 3. The molecule has 3 nitrogen and oxygen atoms in total. The summed E-state index contributed by atoms with van der Waals surface area (Å²) in [4.78, 5) is 0. The van der Waals surface area contributed by atoms with Gasteiger partial charge in [-0.15, -0.1) is 0 Å². The van der Waals surface area contributed by atoms with Crippen LogP contribution in [0.1, 0.15) is 24.2 Å². The summed E-state index contributed by atoms with van der Waals surface area (Å²) in [5.74, 6) is 1.66. The molecule has 4 heteroatoms. The van der Waals surface area contributed by atoms with E-state index in [1.807, 2.05) is 56.3 Å². The Balaban J connectivity index is 2.28. The molecule has 0 fully saturated rings. The van der Waals surface area contributed by atoms with Crippen LogP contribution in [0.4, 0.5) is 0 Å². The van der Waals surface area contributed by atoms with E-state index in [2.05, 4.69) is 15.9 Å². The van der Waals surface area contributed by atoms with Gasteiger partial charge < -0.3 is 15.2 Å². The minimum Gasteiger partial charge on any atom is -0.497 e. The normalized spacial score (nSPS) is 13.6. The van der Waals surface area contributed by atoms with E-state index in [0.29, 0.717) is 0 Å². The van der Waals surface area contributed by atoms with Crippen molar-refractivity contribution in [2.45, 2.75) is 26.0 Å². The van der Waals surface area contributed by atoms with Gasteiger partial charge in [0.15, 0.2) is 0 Å². The Morgan fingerprint density at radius 3 is 2.33 bits per heavy atom. The van der Waals surface area contributed by atoms with Crippen molar-refractivity contribution in [2.24, 2.45) is 5.73 Å². The molecule has 0 radical (unpaired) electrons. The molecule has 0 heterocycles. The fourth-order valence-corrected chi connectivity index (χ4v) is 2.45. The molecule has 21 heavy (non-hydrogen) atoms. The van der Waals surface area contributed by atoms with Crippen molar-refractivity contribution in [3.8, 4) is 11.5 Å². The summed E-state index contributed by atoms with van der Waals surface area (Å²) in [6.45, 7) is 3.97. The molecular weight excluding hydrogens is 330 g/mol. The second-order valence-corrected chi connectivity index (χ2v) is 6.00. The Kier molecular flexibility index (Phi) is 5.26. The van der Waals surface area contributed by atoms with Crippen LogP contribution in [0.15, 0.2) is 46.9 Å². The maximum Gasteiger partial charge on any atom is 0.138 e. The van der Waals surface area contributed by atoms with Gasteiger partial charge in [0.1, 0.15) is 17.6 Å². The lowest BCUT2D eigenvalue weighted by molar-refractivity contribution is 0.179. The number of ether oxygens (including phenoxy) is 2. The SMILES string of the molecule is COc1ccc(C(Oc2cc(Br)ccc2C)C(C)N)cc1. The molecule has 0 bridgehead atoms. The summed E-state index contributed by atoms with van der Waals surface area (Å²) in [6, 6.07) is 13.7. The van der Waals surface area contributed by atoms with Crippen LogP contribution in [0.2, 0.25) is 0 Å². The van der Waals surface area contributed by atoms with Crippen molar-refractivity contribution < 1.29 is 9.47 Å². The Bertz CT molecular complexity index is 596. The zero-order valence-electron chi connectivity index (χ0n) is 12.5. The van der Waals surface area contributed by atoms with Crippen LogP contribution in [0, 0.1) is 6.92 Å². The maximum atomic E-state index is 6.15. The number of aryl methyl sites for hydroxylation is 1. The average molecular weight is 350 g/mol. The molecule has 0 aromatic heterocycles. The van der Waals surface area contributed by atoms with Crippen molar-refractivity contribution in [3.63, 3.8) is 0 Å². The number of methoxy groups -OCH3 is 1. The largest absolute Gasteiger partial charge is 0.497 e. The number of nitrogens with two attached hydrogens (primary N) is 1. The first kappa shape index (κ1) is 15.9. The molecule has 2 N–H and O–H groups in total. The first-order valence-corrected chi connectivity index (χ1v) is 7.63. The fraction of sp³-hybridized carbons (Fsp3) is 0.294. The molecule has 0 aliphatic rings. The highest BCUT2D eigenvalue weighted by molar-refractivity contribution is 9.10. The molecule has 2 unspecified atom stereocenters. The summed E-state index contributed by atoms with van der Waals surface area (Å²) in [5.41, 5.74) is 8.22. The quantitative estimate of drug-likeness (QED) is 0.878. The van der Waals surface area contributed by atoms with Crippen LogP contribution < -0.4 is 15.2 Å². The van der Waals surface area contributed by atoms with Gasteiger partial charge in [-0.1, -0.05) is 34.1 Å². The van der Waals surface area contributed by atoms with Crippen molar-refractivity contribution in [1.82, 2.24) is 0 Å². The van der Waals surface area contributed by atoms with Crippen molar-refractivity contribution in [2.75, 3.05) is 7.11 Å². The lowest BCUT2D eigenvalue weighted by atomic mass is 10.0. The number of benzene rings is 2. The van der Waals surface area contributed by atoms with E-state index in [4.69, 9.17) is 15.2 Å². The molecule has 0 saturated carbocycles. The Labute approximate surface area is 134 Å². The van der Waals surface area contributed by atoms with E-state index in [-0.39, 0.29) is 12.1 Å². The van der Waals surface area contributed by atoms with E-state index >= 15 is 0 Å². The molecule has 0 aliphatic heterocycles. The van der Waals surface area contributed by atoms with E-state index in [1.165, 1.54) is 0 Å². The van der Waals surface area contributed by atoms with Crippen LogP contribution in [-0.2, 0) is 0 Å². The molecule has 2 rings (SSSR count). The number of halogens is 1. The van der Waals surface area contributed by atoms with Gasteiger partial charge >= 0.3 is 0 Å². The minimum atomic E-state index is -0.205. The van der Waals surface area contributed by atoms with Crippen molar-refractivity contribution in [3.05, 3.63) is 58.1 Å². The van der Waals surface area contributed by atoms with E-state index in [9.17, 15) is 0 Å². The van der Waals surface area contributed by atoms with Crippen molar-refractivity contribution >= 4 is 15.9 Å². The minimum absolute atomic E-state index is 0.128. The molecule has 0 aliphatic carbocycles. The Hall–Kier alpha value is -1.52. The van der Waals surface area contributed by atoms with Crippen molar-refractivity contribution in [1.29, 1.82) is 0 Å². The van der Waals surface area contributed by atoms with Gasteiger partial charge in [-0.05, 0) is 49.2 Å². The third kappa shape index (κ3) is 3.99. The summed E-state index contributed by atoms with van der Waals surface area (Å²) >= 11 is 3.47. The number of hydrogen-bond donors (Lipinski definition) is 1. The summed E-state index contributed by atoms with van der Waals surface area (Å²) < 4.78 is 12.3. The molecule has 2 aromatic carbocycles. The molecule has 112 valence electrons. The third-order valence-corrected chi connectivity index (χ3v) is 3.82. The molecule has 0 amide bonds. The second kappa shape index (κ2) is 6.96. The van der Waals surface area contributed by atoms with Gasteiger partial charge in [0.2, 0.25) is 0 Å². The zero-order valence-corrected chi connectivity index (χ0v) is 14.1. The van der Waals surface area contributed by atoms with E-state index in [1.54, 1.807) is 7.11 Å². The topological polar surface area (TPSA) is 44.5 Å². The predicted molar refractivity (Wildman–Crippen MR) is 88.9 cm³/mol. The van der Waals surface area contributed by atoms with Gasteiger partial charge in [0, 0.05) is 10.5 Å². The highest BCUT2D eigenvalue weighted by atomic mass is 79.9. The summed E-state index contributed by atoms with van der Waals surface area (Å²) in [7, 11) is 1.65. The smallest absolute Gasteiger partial charge is 0.138 e. The van der Waals surface area contributed by atoms with Crippen LogP contribution in [0.3, 0.4) is 0 Å². The highest BCUT2D eigenvalue weighted by Crippen LogP contribution is 2.30. The third-order valence-electron chi connectivity index (χ3n) is 3.33. The molecule has 0 spiro atoms. The first-order valence-electron chi connectivity index (χ1n) is 6.83. The second-order valence-electron chi connectivity index (χ2n) is 5.08. The summed E-state index contributed by atoms with van der Waals surface area (Å²) in [5, 5.41) is 0. The lowest BCUT2D eigenvalue weighted by Gasteiger charge is -2.24. The number of rotatable bonds is 5. The molecule has 2 atom stereocenters. The van der Waals surface area contributed by atoms with Crippen LogP contribution in [0.5, 0.6) is 11.5 Å². The Morgan fingerprint density at radius 2 is 1.76 bits per heavy atom. The fourth-order valence-electron chi connectivity index (χ4n) is 2.11. The first-order chi connectivity index (χ1) is 10.0. The zero-order chi connectivity index (χ0) is 15.4. The predicted octanol–water partition coefficient (Wildman–Crippen LogP) is 4.23. The van der Waals surface area contributed by atoms with Gasteiger partial charge in [0.05, 0.1) is 7.11 Å². The van der Waals surface area contributed by atoms with Crippen LogP contribution >= 0.6 is 15.9 Å². The summed E-state index contributed by atoms with van der Waals surface area (Å²) in [6.07, 6.45) is -0.205. The standard InChI is InChI=1S/C17H20BrNO2/c1-11-4-7-14(18)10-16(11)21-17(12(2)19)13-5-8-15(20-3)9-6-13/h4-10,12,17H,19H2,1-3H3. The highest BCUT2D eigenvalue weighted by Gasteiger charge is 2.19. The van der Waals surface area contributed by atoms with Crippen LogP contribution in [-0.4, -0.2) is 13.2 Å². The van der Waals surface area contributed by atoms with Gasteiger partial charge in [-0.25, -0.2) is 0 Å². The Morgan fingerprint density at radius 1 is 1.10 bits per heavy atom. The molecule has 0 saturated heterocycles. The van der Waals surface area contributed by atoms with Crippen LogP contribution in [0.25, 0.3) is 0 Å². The monoisotopic (exact) mass is 349 g/mol. The van der Waals surface area contributed by atoms with Gasteiger partial charge in [-0.2, -0.15) is 0 Å². The lowest BCUT2D eigenvalue weighted by Crippen LogP contribution is -2.29. The molecular formula is C17H20BrNO2. The van der Waals surface area contributed by atoms with E-state index in [0.717, 1.165) is 27.1 Å². The van der Waals surface area contributed by atoms with Gasteiger partial charge in [0.25, 0.3) is 0 Å². The average Bonchev–Trinajstić information content (AvgIpc) is 2.48. The maximum absolute atomic E-state index is 6.15. The van der Waals surface area contributed by atoms with Gasteiger partial charge in [-0.3, -0.25) is 0 Å². The van der Waals surface area contributed by atoms with E-state index < -0.39 is 0 Å².